The summed E-state index contributed by atoms with van der Waals surface area (Å²) in [6.07, 6.45) is 3.95. The fourth-order valence-corrected chi connectivity index (χ4v) is 5.58. The van der Waals surface area contributed by atoms with E-state index in [0.717, 1.165) is 21.4 Å². The molecule has 0 saturated heterocycles. The van der Waals surface area contributed by atoms with Gasteiger partial charge in [0.1, 0.15) is 0 Å². The van der Waals surface area contributed by atoms with Gasteiger partial charge in [-0.05, 0) is 66.4 Å². The standard InChI is InChI=1S/C25H17BrCl2N4OS/c1-16(33)24-30-32(23-12-11-19(27)15-21(23)28)25(34-24)14-13-22(17-7-9-18(26)10-8-17)29-31(25)20-5-3-2-4-6-20/h2-15H,1H3. The van der Waals surface area contributed by atoms with E-state index in [1.807, 2.05) is 71.8 Å². The van der Waals surface area contributed by atoms with Crippen molar-refractivity contribution < 1.29 is 4.79 Å². The van der Waals surface area contributed by atoms with E-state index >= 15 is 0 Å². The Bertz CT molecular complexity index is 1360. The largest absolute Gasteiger partial charge is 0.292 e. The van der Waals surface area contributed by atoms with Crippen molar-refractivity contribution in [2.24, 2.45) is 10.2 Å². The molecule has 0 saturated carbocycles. The fourth-order valence-electron chi connectivity index (χ4n) is 3.69. The highest BCUT2D eigenvalue weighted by atomic mass is 79.9. The lowest BCUT2D eigenvalue weighted by Crippen LogP contribution is -2.53. The van der Waals surface area contributed by atoms with E-state index in [1.165, 1.54) is 18.7 Å². The van der Waals surface area contributed by atoms with Gasteiger partial charge in [0.25, 0.3) is 0 Å². The van der Waals surface area contributed by atoms with Crippen LogP contribution in [0.3, 0.4) is 0 Å². The Labute approximate surface area is 219 Å². The SMILES string of the molecule is CC(=O)C1=NN(c2ccc(Cl)cc2Cl)C2(C=CC(c3ccc(Br)cc3)=NN2c2ccccc2)S1. The summed E-state index contributed by atoms with van der Waals surface area (Å²) in [5.41, 5.74) is 3.19. The minimum Gasteiger partial charge on any atom is -0.292 e. The minimum absolute atomic E-state index is 0.138. The maximum Gasteiger partial charge on any atom is 0.227 e. The molecule has 1 unspecified atom stereocenters. The number of halogens is 3. The van der Waals surface area contributed by atoms with Gasteiger partial charge in [-0.25, -0.2) is 10.0 Å². The lowest BCUT2D eigenvalue weighted by atomic mass is 10.1. The average molecular weight is 572 g/mol. The van der Waals surface area contributed by atoms with Crippen molar-refractivity contribution >= 4 is 78.8 Å². The number of allylic oxidation sites excluding steroid dienone is 1. The van der Waals surface area contributed by atoms with Crippen LogP contribution in [-0.2, 0) is 4.79 Å². The fraction of sp³-hybridized carbons (Fsp3) is 0.0800. The van der Waals surface area contributed by atoms with Gasteiger partial charge in [-0.1, -0.05) is 69.5 Å². The van der Waals surface area contributed by atoms with E-state index in [2.05, 4.69) is 21.0 Å². The van der Waals surface area contributed by atoms with Crippen LogP contribution in [-0.4, -0.2) is 21.5 Å². The summed E-state index contributed by atoms with van der Waals surface area (Å²) in [6.45, 7) is 1.50. The topological polar surface area (TPSA) is 48.3 Å². The zero-order valence-corrected chi connectivity index (χ0v) is 21.7. The number of carbonyl (C=O) groups is 1. The van der Waals surface area contributed by atoms with Gasteiger partial charge in [0, 0.05) is 22.0 Å². The molecule has 2 aliphatic heterocycles. The summed E-state index contributed by atoms with van der Waals surface area (Å²) in [7, 11) is 0. The van der Waals surface area contributed by atoms with Crippen LogP contribution in [0, 0.1) is 0 Å². The van der Waals surface area contributed by atoms with Crippen LogP contribution < -0.4 is 10.0 Å². The second kappa shape index (κ2) is 9.23. The van der Waals surface area contributed by atoms with Crippen LogP contribution in [0.5, 0.6) is 0 Å². The molecule has 5 nitrogen and oxygen atoms in total. The number of rotatable bonds is 4. The predicted octanol–water partition coefficient (Wildman–Crippen LogP) is 7.35. The van der Waals surface area contributed by atoms with Crippen LogP contribution >= 0.6 is 50.9 Å². The van der Waals surface area contributed by atoms with Crippen LogP contribution in [0.25, 0.3) is 0 Å². The van der Waals surface area contributed by atoms with Crippen molar-refractivity contribution in [2.45, 2.75) is 11.9 Å². The van der Waals surface area contributed by atoms with Gasteiger partial charge in [0.15, 0.2) is 10.8 Å². The van der Waals surface area contributed by atoms with Crippen molar-refractivity contribution in [2.75, 3.05) is 10.0 Å². The van der Waals surface area contributed by atoms with E-state index in [9.17, 15) is 4.79 Å². The molecule has 3 aromatic rings. The van der Waals surface area contributed by atoms with Gasteiger partial charge in [0.2, 0.25) is 4.99 Å². The monoisotopic (exact) mass is 570 g/mol. The van der Waals surface area contributed by atoms with Gasteiger partial charge < -0.3 is 0 Å². The number of hydrogen-bond donors (Lipinski definition) is 0. The number of thioether (sulfide) groups is 1. The first-order valence-corrected chi connectivity index (χ1v) is 12.7. The first kappa shape index (κ1) is 23.2. The molecule has 170 valence electrons. The molecule has 1 spiro atoms. The molecule has 0 amide bonds. The van der Waals surface area contributed by atoms with Gasteiger partial charge in [0.05, 0.1) is 22.1 Å². The molecule has 0 aromatic heterocycles. The van der Waals surface area contributed by atoms with E-state index in [4.69, 9.17) is 28.3 Å². The molecule has 1 atom stereocenters. The number of benzene rings is 3. The van der Waals surface area contributed by atoms with E-state index < -0.39 is 4.99 Å². The van der Waals surface area contributed by atoms with Crippen LogP contribution in [0.4, 0.5) is 11.4 Å². The highest BCUT2D eigenvalue weighted by Gasteiger charge is 2.51. The van der Waals surface area contributed by atoms with Crippen molar-refractivity contribution in [3.63, 3.8) is 0 Å². The third-order valence-corrected chi connectivity index (χ3v) is 7.70. The molecule has 9 heteroatoms. The Kier molecular flexibility index (Phi) is 6.29. The summed E-state index contributed by atoms with van der Waals surface area (Å²) in [5.74, 6) is -0.138. The Morgan fingerprint density at radius 2 is 1.71 bits per heavy atom. The predicted molar refractivity (Wildman–Crippen MR) is 146 cm³/mol. The number of hydrazone groups is 2. The Balaban J connectivity index is 1.69. The maximum absolute atomic E-state index is 12.4. The van der Waals surface area contributed by atoms with Crippen LogP contribution in [0.2, 0.25) is 10.0 Å². The highest BCUT2D eigenvalue weighted by Crippen LogP contribution is 2.49. The lowest BCUT2D eigenvalue weighted by molar-refractivity contribution is -0.110. The number of anilines is 2. The quantitative estimate of drug-likeness (QED) is 0.328. The molecule has 0 radical (unpaired) electrons. The molecule has 0 bridgehead atoms. The molecular weight excluding hydrogens is 555 g/mol. The summed E-state index contributed by atoms with van der Waals surface area (Å²) >= 11 is 17.6. The third-order valence-electron chi connectivity index (χ3n) is 5.29. The summed E-state index contributed by atoms with van der Waals surface area (Å²) in [6, 6.07) is 22.9. The second-order valence-electron chi connectivity index (χ2n) is 7.60. The number of Topliss-reactive ketones (excluding diaryl/α,β-unsaturated/α-hetero) is 1. The zero-order chi connectivity index (χ0) is 23.9. The molecule has 3 aromatic carbocycles. The molecule has 2 heterocycles. The van der Waals surface area contributed by atoms with Gasteiger partial charge in [-0.2, -0.15) is 10.2 Å². The number of ketones is 1. The maximum atomic E-state index is 12.4. The van der Waals surface area contributed by atoms with E-state index in [-0.39, 0.29) is 5.78 Å². The zero-order valence-electron chi connectivity index (χ0n) is 17.8. The van der Waals surface area contributed by atoms with Gasteiger partial charge in [-0.3, -0.25) is 4.79 Å². The smallest absolute Gasteiger partial charge is 0.227 e. The van der Waals surface area contributed by atoms with Crippen molar-refractivity contribution in [1.82, 2.24) is 0 Å². The Hall–Kier alpha value is -2.58. The number of hydrogen-bond acceptors (Lipinski definition) is 6. The normalized spacial score (nSPS) is 19.4. The lowest BCUT2D eigenvalue weighted by Gasteiger charge is -2.43. The van der Waals surface area contributed by atoms with E-state index in [1.54, 1.807) is 23.2 Å². The summed E-state index contributed by atoms with van der Waals surface area (Å²) < 4.78 is 0.988. The number of para-hydroxylation sites is 1. The van der Waals surface area contributed by atoms with Crippen molar-refractivity contribution in [1.29, 1.82) is 0 Å². The highest BCUT2D eigenvalue weighted by molar-refractivity contribution is 9.10. The first-order chi connectivity index (χ1) is 16.4. The molecule has 0 fully saturated rings. The second-order valence-corrected chi connectivity index (χ2v) is 10.6. The van der Waals surface area contributed by atoms with Crippen LogP contribution in [0.1, 0.15) is 12.5 Å². The Morgan fingerprint density at radius 3 is 2.38 bits per heavy atom. The summed E-state index contributed by atoms with van der Waals surface area (Å²) in [5, 5.41) is 14.6. The first-order valence-electron chi connectivity index (χ1n) is 10.3. The molecule has 2 aliphatic rings. The molecular formula is C25H17BrCl2N4OS. The minimum atomic E-state index is -0.987. The molecule has 0 aliphatic carbocycles. The Morgan fingerprint density at radius 1 is 0.971 bits per heavy atom. The van der Waals surface area contributed by atoms with Crippen molar-refractivity contribution in [3.05, 3.63) is 105 Å². The van der Waals surface area contributed by atoms with Gasteiger partial charge >= 0.3 is 0 Å². The molecule has 0 N–H and O–H groups in total. The summed E-state index contributed by atoms with van der Waals surface area (Å²) in [4.78, 5) is 11.4. The van der Waals surface area contributed by atoms with E-state index in [0.29, 0.717) is 20.8 Å². The number of carbonyl (C=O) groups excluding carboxylic acids is 1. The average Bonchev–Trinajstić information content (AvgIpc) is 3.20. The van der Waals surface area contributed by atoms with Crippen molar-refractivity contribution in [3.8, 4) is 0 Å². The third kappa shape index (κ3) is 4.18. The van der Waals surface area contributed by atoms with Crippen LogP contribution in [0.15, 0.2) is 99.6 Å². The molecule has 34 heavy (non-hydrogen) atoms. The number of nitrogens with zero attached hydrogens (tertiary/aromatic N) is 4. The molecule has 5 rings (SSSR count). The van der Waals surface area contributed by atoms with Gasteiger partial charge in [-0.15, -0.1) is 0 Å².